The van der Waals surface area contributed by atoms with Crippen LogP contribution in [0.25, 0.3) is 32.4 Å². The molecule has 3 aliphatic rings. The molecule has 0 bridgehead atoms. The summed E-state index contributed by atoms with van der Waals surface area (Å²) in [5, 5.41) is 2.61. The summed E-state index contributed by atoms with van der Waals surface area (Å²) < 4.78 is 5.69. The molecule has 2 aliphatic carbocycles. The molecule has 5 aromatic carbocycles. The summed E-state index contributed by atoms with van der Waals surface area (Å²) in [5.41, 5.74) is 2.14. The van der Waals surface area contributed by atoms with Crippen LogP contribution in [0.5, 0.6) is 5.75 Å². The number of aromatic amines is 1. The second-order valence-electron chi connectivity index (χ2n) is 12.8. The van der Waals surface area contributed by atoms with E-state index in [1.165, 1.54) is 44.2 Å². The number of methoxy groups -OCH3 is 1. The van der Waals surface area contributed by atoms with Crippen LogP contribution in [0.2, 0.25) is 0 Å². The average Bonchev–Trinajstić information content (AvgIpc) is 3.64. The van der Waals surface area contributed by atoms with Crippen LogP contribution in [-0.4, -0.2) is 40.5 Å². The second kappa shape index (κ2) is 10.3. The number of ether oxygens (including phenoxy) is 1. The molecule has 234 valence electrons. The van der Waals surface area contributed by atoms with Gasteiger partial charge in [0.05, 0.1) is 23.7 Å². The number of carbonyl (C=O) groups is 4. The molecule has 1 saturated carbocycles. The zero-order chi connectivity index (χ0) is 32.8. The number of hydrogen-bond acceptors (Lipinski definition) is 7. The molecule has 1 fully saturated rings. The SMILES string of the molecule is COc1cc(C2CCCC2)ccc1N1C(=O)c2ccc3c4c(ccc(c24)C1=O)C(=O)C(c1nc2cc4ccccc4cc2c(=O)[nH]1)C3=O. The van der Waals surface area contributed by atoms with Gasteiger partial charge in [-0.05, 0) is 83.6 Å². The van der Waals surface area contributed by atoms with Gasteiger partial charge in [0.1, 0.15) is 17.5 Å². The number of imide groups is 1. The number of nitrogens with zero attached hydrogens (tertiary/aromatic N) is 2. The molecule has 2 amide bonds. The van der Waals surface area contributed by atoms with Crippen LogP contribution >= 0.6 is 0 Å². The zero-order valence-electron chi connectivity index (χ0n) is 25.8. The normalized spacial score (nSPS) is 16.6. The predicted octanol–water partition coefficient (Wildman–Crippen LogP) is 6.86. The number of fused-ring (bicyclic) bond motifs is 2. The second-order valence-corrected chi connectivity index (χ2v) is 12.8. The fourth-order valence-corrected chi connectivity index (χ4v) is 7.87. The van der Waals surface area contributed by atoms with Crippen LogP contribution < -0.4 is 15.2 Å². The lowest BCUT2D eigenvalue weighted by Crippen LogP contribution is -2.41. The number of carbonyl (C=O) groups excluding carboxylic acids is 4. The fraction of sp³-hybridized carbons (Fsp3) is 0.179. The van der Waals surface area contributed by atoms with Gasteiger partial charge in [-0.25, -0.2) is 9.88 Å². The van der Waals surface area contributed by atoms with Gasteiger partial charge in [0.2, 0.25) is 0 Å². The molecule has 1 aromatic heterocycles. The van der Waals surface area contributed by atoms with E-state index in [0.717, 1.165) is 34.1 Å². The van der Waals surface area contributed by atoms with Crippen LogP contribution in [0.1, 0.15) is 90.3 Å². The van der Waals surface area contributed by atoms with E-state index >= 15 is 0 Å². The molecule has 9 nitrogen and oxygen atoms in total. The van der Waals surface area contributed by atoms with E-state index in [9.17, 15) is 24.0 Å². The van der Waals surface area contributed by atoms with Crippen molar-refractivity contribution in [3.63, 3.8) is 0 Å². The van der Waals surface area contributed by atoms with Crippen LogP contribution in [0.3, 0.4) is 0 Å². The van der Waals surface area contributed by atoms with Gasteiger partial charge >= 0.3 is 0 Å². The Balaban J connectivity index is 1.15. The molecule has 9 rings (SSSR count). The first-order valence-electron chi connectivity index (χ1n) is 16.0. The van der Waals surface area contributed by atoms with Gasteiger partial charge in [0, 0.05) is 33.0 Å². The summed E-state index contributed by atoms with van der Waals surface area (Å²) in [6.07, 6.45) is 4.52. The number of ketones is 2. The maximum atomic E-state index is 14.1. The number of hydrogen-bond donors (Lipinski definition) is 1. The Bertz CT molecular complexity index is 2460. The third-order valence-electron chi connectivity index (χ3n) is 10.2. The van der Waals surface area contributed by atoms with Gasteiger partial charge in [0.15, 0.2) is 11.6 Å². The quantitative estimate of drug-likeness (QED) is 0.128. The largest absolute Gasteiger partial charge is 0.495 e. The predicted molar refractivity (Wildman–Crippen MR) is 181 cm³/mol. The number of Topliss-reactive ketones (excluding diaryl/α,β-unsaturated/α-hetero) is 2. The summed E-state index contributed by atoms with van der Waals surface area (Å²) >= 11 is 0. The lowest BCUT2D eigenvalue weighted by molar-refractivity contribution is 0.0842. The van der Waals surface area contributed by atoms with Crippen molar-refractivity contribution in [1.82, 2.24) is 9.97 Å². The highest BCUT2D eigenvalue weighted by atomic mass is 16.5. The number of anilines is 1. The van der Waals surface area contributed by atoms with Gasteiger partial charge in [-0.2, -0.15) is 0 Å². The van der Waals surface area contributed by atoms with Crippen molar-refractivity contribution >= 4 is 61.5 Å². The first kappa shape index (κ1) is 28.3. The Hall–Kier alpha value is -5.96. The maximum absolute atomic E-state index is 14.1. The maximum Gasteiger partial charge on any atom is 0.266 e. The Kier molecular flexibility index (Phi) is 6.05. The summed E-state index contributed by atoms with van der Waals surface area (Å²) in [7, 11) is 1.52. The molecular weight excluding hydrogens is 606 g/mol. The van der Waals surface area contributed by atoms with E-state index in [2.05, 4.69) is 9.97 Å². The molecule has 2 heterocycles. The molecule has 0 unspecified atom stereocenters. The van der Waals surface area contributed by atoms with Gasteiger partial charge < -0.3 is 9.72 Å². The lowest BCUT2D eigenvalue weighted by atomic mass is 9.76. The first-order chi connectivity index (χ1) is 23.3. The summed E-state index contributed by atoms with van der Waals surface area (Å²) in [4.78, 5) is 78.0. The van der Waals surface area contributed by atoms with Crippen LogP contribution in [0.4, 0.5) is 5.69 Å². The topological polar surface area (TPSA) is 126 Å². The molecule has 48 heavy (non-hydrogen) atoms. The summed E-state index contributed by atoms with van der Waals surface area (Å²) in [6.45, 7) is 0. The van der Waals surface area contributed by atoms with Crippen molar-refractivity contribution in [3.05, 3.63) is 123 Å². The van der Waals surface area contributed by atoms with Gasteiger partial charge in [-0.15, -0.1) is 0 Å². The zero-order valence-corrected chi connectivity index (χ0v) is 25.8. The Morgan fingerprint density at radius 1 is 0.729 bits per heavy atom. The number of H-pyrrole nitrogens is 1. The van der Waals surface area contributed by atoms with Gasteiger partial charge in [-0.1, -0.05) is 43.2 Å². The van der Waals surface area contributed by atoms with Gasteiger partial charge in [-0.3, -0.25) is 24.0 Å². The molecule has 6 aromatic rings. The minimum absolute atomic E-state index is 0.0525. The Labute approximate surface area is 273 Å². The standard InChI is InChI=1S/C39H27N3O6/c1-48-30-18-22(19-6-2-3-7-19)10-15-29(30)42-38(46)25-13-11-23-31-24(12-14-26(32(25)31)39(42)47)35(44)33(34(23)43)36-40-28-17-21-9-5-4-8-20(21)16-27(28)37(45)41-36/h4-5,8-19,33H,2-3,6-7H2,1H3,(H,40,41,45). The molecule has 0 spiro atoms. The number of rotatable bonds is 4. The van der Waals surface area contributed by atoms with Crippen molar-refractivity contribution in [2.75, 3.05) is 12.0 Å². The van der Waals surface area contributed by atoms with E-state index < -0.39 is 34.9 Å². The van der Waals surface area contributed by atoms with Crippen LogP contribution in [0, 0.1) is 0 Å². The van der Waals surface area contributed by atoms with Crippen molar-refractivity contribution in [3.8, 4) is 5.75 Å². The van der Waals surface area contributed by atoms with Crippen molar-refractivity contribution in [2.45, 2.75) is 37.5 Å². The van der Waals surface area contributed by atoms with E-state index in [1.807, 2.05) is 36.4 Å². The summed E-state index contributed by atoms with van der Waals surface area (Å²) in [6, 6.07) is 22.8. The molecule has 0 radical (unpaired) electrons. The monoisotopic (exact) mass is 633 g/mol. The van der Waals surface area contributed by atoms with E-state index in [4.69, 9.17) is 4.74 Å². The Morgan fingerprint density at radius 3 is 1.98 bits per heavy atom. The average molecular weight is 634 g/mol. The molecule has 0 atom stereocenters. The number of nitrogens with one attached hydrogen (secondary N) is 1. The fourth-order valence-electron chi connectivity index (χ4n) is 7.87. The molecule has 9 heteroatoms. The lowest BCUT2D eigenvalue weighted by Gasteiger charge is -2.31. The highest BCUT2D eigenvalue weighted by Crippen LogP contribution is 2.44. The van der Waals surface area contributed by atoms with E-state index in [0.29, 0.717) is 28.3 Å². The van der Waals surface area contributed by atoms with Crippen molar-refractivity contribution in [1.29, 1.82) is 0 Å². The highest BCUT2D eigenvalue weighted by molar-refractivity contribution is 6.40. The third-order valence-corrected chi connectivity index (χ3v) is 10.2. The van der Waals surface area contributed by atoms with Crippen LogP contribution in [-0.2, 0) is 0 Å². The molecule has 1 N–H and O–H groups in total. The highest BCUT2D eigenvalue weighted by Gasteiger charge is 2.43. The van der Waals surface area contributed by atoms with Gasteiger partial charge in [0.25, 0.3) is 17.4 Å². The minimum atomic E-state index is -1.39. The molecule has 1 aliphatic heterocycles. The Morgan fingerprint density at radius 2 is 1.33 bits per heavy atom. The number of aromatic nitrogens is 2. The minimum Gasteiger partial charge on any atom is -0.495 e. The number of benzene rings is 5. The summed E-state index contributed by atoms with van der Waals surface area (Å²) in [5.74, 6) is -2.88. The van der Waals surface area contributed by atoms with E-state index in [1.54, 1.807) is 18.2 Å². The molecular formula is C39H27N3O6. The number of amides is 2. The first-order valence-corrected chi connectivity index (χ1v) is 16.0. The third kappa shape index (κ3) is 3.90. The van der Waals surface area contributed by atoms with Crippen molar-refractivity contribution in [2.24, 2.45) is 0 Å². The van der Waals surface area contributed by atoms with Crippen molar-refractivity contribution < 1.29 is 23.9 Å². The van der Waals surface area contributed by atoms with E-state index in [-0.39, 0.29) is 38.9 Å². The smallest absolute Gasteiger partial charge is 0.266 e. The molecule has 0 saturated heterocycles. The van der Waals surface area contributed by atoms with Crippen LogP contribution in [0.15, 0.2) is 83.7 Å².